The van der Waals surface area contributed by atoms with Gasteiger partial charge in [0, 0.05) is 31.0 Å². The lowest BCUT2D eigenvalue weighted by Gasteiger charge is -2.33. The van der Waals surface area contributed by atoms with Gasteiger partial charge in [-0.05, 0) is 40.6 Å². The quantitative estimate of drug-likeness (QED) is 0.280. The molecule has 0 saturated carbocycles. The second kappa shape index (κ2) is 5.93. The van der Waals surface area contributed by atoms with E-state index in [2.05, 4.69) is 84.9 Å². The molecule has 2 aliphatic rings. The van der Waals surface area contributed by atoms with Crippen molar-refractivity contribution in [1.82, 2.24) is 0 Å². The molecule has 0 unspecified atom stereocenters. The number of benzene rings is 5. The van der Waals surface area contributed by atoms with E-state index in [0.717, 1.165) is 33.8 Å². The Labute approximate surface area is 188 Å². The Morgan fingerprint density at radius 1 is 0.562 bits per heavy atom. The van der Waals surface area contributed by atoms with E-state index in [1.165, 1.54) is 36.5 Å². The highest BCUT2D eigenvalue weighted by atomic mass is 32.1. The summed E-state index contributed by atoms with van der Waals surface area (Å²) in [5.41, 5.74) is 3.54. The van der Waals surface area contributed by atoms with Crippen LogP contribution in [0.25, 0.3) is 30.9 Å². The number of thiophene rings is 1. The molecule has 0 saturated heterocycles. The van der Waals surface area contributed by atoms with Gasteiger partial charge in [-0.2, -0.15) is 0 Å². The molecular formula is C28H15BO2S. The molecule has 4 heteroatoms. The summed E-state index contributed by atoms with van der Waals surface area (Å²) in [6, 6.07) is 32.2. The Morgan fingerprint density at radius 2 is 1.38 bits per heavy atom. The summed E-state index contributed by atoms with van der Waals surface area (Å²) in [5.74, 6) is 3.68. The Morgan fingerprint density at radius 3 is 2.31 bits per heavy atom. The predicted molar refractivity (Wildman–Crippen MR) is 135 cm³/mol. The first-order chi connectivity index (χ1) is 15.8. The summed E-state index contributed by atoms with van der Waals surface area (Å²) >= 11 is 1.82. The molecular weight excluding hydrogens is 411 g/mol. The average molecular weight is 426 g/mol. The van der Waals surface area contributed by atoms with Gasteiger partial charge in [-0.15, -0.1) is 11.3 Å². The number of ether oxygens (including phenoxy) is 2. The van der Waals surface area contributed by atoms with E-state index in [1.54, 1.807) is 0 Å². The van der Waals surface area contributed by atoms with Crippen LogP contribution < -0.4 is 25.9 Å². The van der Waals surface area contributed by atoms with Crippen molar-refractivity contribution in [2.75, 3.05) is 0 Å². The molecule has 1 aromatic heterocycles. The lowest BCUT2D eigenvalue weighted by Crippen LogP contribution is -2.57. The highest BCUT2D eigenvalue weighted by Gasteiger charge is 2.40. The van der Waals surface area contributed by atoms with Gasteiger partial charge in [-0.3, -0.25) is 0 Å². The topological polar surface area (TPSA) is 18.5 Å². The number of hydrogen-bond donors (Lipinski definition) is 0. The third kappa shape index (κ3) is 2.10. The largest absolute Gasteiger partial charge is 0.458 e. The fourth-order valence-electron chi connectivity index (χ4n) is 5.38. The first-order valence-electron chi connectivity index (χ1n) is 10.8. The van der Waals surface area contributed by atoms with Crippen LogP contribution in [-0.2, 0) is 0 Å². The monoisotopic (exact) mass is 426 g/mol. The molecule has 0 radical (unpaired) electrons. The second-order valence-corrected chi connectivity index (χ2v) is 9.58. The van der Waals surface area contributed by atoms with Gasteiger partial charge in [0.15, 0.2) is 0 Å². The van der Waals surface area contributed by atoms with Gasteiger partial charge in [-0.25, -0.2) is 0 Å². The van der Waals surface area contributed by atoms with Crippen LogP contribution in [0.4, 0.5) is 0 Å². The van der Waals surface area contributed by atoms with Gasteiger partial charge >= 0.3 is 0 Å². The van der Waals surface area contributed by atoms with Gasteiger partial charge in [0.05, 0.1) is 0 Å². The van der Waals surface area contributed by atoms with E-state index >= 15 is 0 Å². The molecule has 0 atom stereocenters. The van der Waals surface area contributed by atoms with Crippen LogP contribution in [0.3, 0.4) is 0 Å². The van der Waals surface area contributed by atoms with Gasteiger partial charge < -0.3 is 9.47 Å². The van der Waals surface area contributed by atoms with E-state index in [4.69, 9.17) is 9.47 Å². The Kier molecular flexibility index (Phi) is 3.13. The number of hydrogen-bond acceptors (Lipinski definition) is 3. The van der Waals surface area contributed by atoms with E-state index in [-0.39, 0.29) is 6.71 Å². The van der Waals surface area contributed by atoms with Crippen molar-refractivity contribution in [1.29, 1.82) is 0 Å². The molecule has 5 aromatic carbocycles. The lowest BCUT2D eigenvalue weighted by molar-refractivity contribution is 0.467. The van der Waals surface area contributed by atoms with Crippen LogP contribution in [-0.4, -0.2) is 6.71 Å². The maximum atomic E-state index is 6.52. The Bertz CT molecular complexity index is 1750. The highest BCUT2D eigenvalue weighted by Crippen LogP contribution is 2.40. The smallest absolute Gasteiger partial charge is 0.260 e. The summed E-state index contributed by atoms with van der Waals surface area (Å²) in [6.45, 7) is 0.0846. The van der Waals surface area contributed by atoms with Crippen LogP contribution in [0.5, 0.6) is 23.0 Å². The number of fused-ring (bicyclic) bond motifs is 9. The first kappa shape index (κ1) is 16.9. The molecule has 6 aromatic rings. The molecule has 0 spiro atoms. The van der Waals surface area contributed by atoms with Gasteiger partial charge in [0.25, 0.3) is 6.71 Å². The van der Waals surface area contributed by atoms with Crippen molar-refractivity contribution in [3.05, 3.63) is 91.0 Å². The van der Waals surface area contributed by atoms with Crippen molar-refractivity contribution in [3.8, 4) is 23.0 Å². The van der Waals surface area contributed by atoms with Crippen LogP contribution in [0.1, 0.15) is 0 Å². The van der Waals surface area contributed by atoms with Crippen molar-refractivity contribution in [2.45, 2.75) is 0 Å². The summed E-state index contributed by atoms with van der Waals surface area (Å²) < 4.78 is 15.5. The SMILES string of the molecule is c1cc2c3c(c1)Oc1c(ccc4ccccc14)B3c1cc3c(cc1O2)sc1ccccc13. The van der Waals surface area contributed by atoms with Crippen molar-refractivity contribution in [2.24, 2.45) is 0 Å². The summed E-state index contributed by atoms with van der Waals surface area (Å²) in [6.07, 6.45) is 0. The van der Waals surface area contributed by atoms with E-state index in [1.807, 2.05) is 17.4 Å². The lowest BCUT2D eigenvalue weighted by atomic mass is 9.34. The minimum atomic E-state index is 0.0846. The van der Waals surface area contributed by atoms with Crippen LogP contribution in [0.2, 0.25) is 0 Å². The summed E-state index contributed by atoms with van der Waals surface area (Å²) in [7, 11) is 0. The summed E-state index contributed by atoms with van der Waals surface area (Å²) in [5, 5.41) is 4.94. The third-order valence-corrected chi connectivity index (χ3v) is 7.92. The normalized spacial score (nSPS) is 13.4. The number of rotatable bonds is 0. The molecule has 0 fully saturated rings. The van der Waals surface area contributed by atoms with E-state index in [9.17, 15) is 0 Å². The molecule has 0 amide bonds. The minimum Gasteiger partial charge on any atom is -0.458 e. The van der Waals surface area contributed by atoms with Gasteiger partial charge in [0.1, 0.15) is 23.0 Å². The van der Waals surface area contributed by atoms with Crippen LogP contribution in [0.15, 0.2) is 91.0 Å². The summed E-state index contributed by atoms with van der Waals surface area (Å²) in [4.78, 5) is 0. The molecule has 2 nitrogen and oxygen atoms in total. The highest BCUT2D eigenvalue weighted by molar-refractivity contribution is 7.25. The third-order valence-electron chi connectivity index (χ3n) is 6.79. The van der Waals surface area contributed by atoms with Gasteiger partial charge in [0.2, 0.25) is 0 Å². The van der Waals surface area contributed by atoms with Gasteiger partial charge in [-0.1, -0.05) is 66.7 Å². The zero-order valence-electron chi connectivity index (χ0n) is 17.0. The predicted octanol–water partition coefficient (Wildman–Crippen LogP) is 5.94. The fraction of sp³-hybridized carbons (Fsp3) is 0. The van der Waals surface area contributed by atoms with Crippen LogP contribution >= 0.6 is 11.3 Å². The van der Waals surface area contributed by atoms with Crippen molar-refractivity contribution < 1.29 is 9.47 Å². The maximum absolute atomic E-state index is 6.52. The van der Waals surface area contributed by atoms with Crippen LogP contribution in [0, 0.1) is 0 Å². The molecule has 3 heterocycles. The first-order valence-corrected chi connectivity index (χ1v) is 11.6. The van der Waals surface area contributed by atoms with E-state index < -0.39 is 0 Å². The average Bonchev–Trinajstić information content (AvgIpc) is 3.20. The fourth-order valence-corrected chi connectivity index (χ4v) is 6.49. The Hall–Kier alpha value is -3.76. The molecule has 32 heavy (non-hydrogen) atoms. The molecule has 0 bridgehead atoms. The van der Waals surface area contributed by atoms with Crippen molar-refractivity contribution >= 4 is 65.4 Å². The zero-order valence-corrected chi connectivity index (χ0v) is 17.8. The molecule has 8 rings (SSSR count). The Balaban J connectivity index is 1.49. The molecule has 0 aliphatic carbocycles. The second-order valence-electron chi connectivity index (χ2n) is 8.49. The molecule has 2 aliphatic heterocycles. The van der Waals surface area contributed by atoms with Crippen molar-refractivity contribution in [3.63, 3.8) is 0 Å². The zero-order chi connectivity index (χ0) is 20.8. The standard InChI is InChI=1S/C28H15BO2S/c1-2-7-17-16(6-1)12-13-20-28(17)31-23-10-5-9-22-27(23)29(20)21-14-19-18-8-3-4-11-25(18)32-26(19)15-24(21)30-22/h1-15H. The van der Waals surface area contributed by atoms with E-state index in [0.29, 0.717) is 0 Å². The molecule has 0 N–H and O–H groups in total. The molecule has 148 valence electrons. The maximum Gasteiger partial charge on any atom is 0.260 e. The minimum absolute atomic E-state index is 0.0846.